The quantitative estimate of drug-likeness (QED) is 0.599. The largest absolute Gasteiger partial charge is 0.329 e. The molecule has 0 aliphatic carbocycles. The Kier molecular flexibility index (Phi) is 4.38. The first-order valence-electron chi connectivity index (χ1n) is 4.06. The van der Waals surface area contributed by atoms with Crippen LogP contribution in [0.25, 0.3) is 0 Å². The minimum atomic E-state index is 0.234. The molecule has 1 atom stereocenters. The van der Waals surface area contributed by atoms with E-state index in [2.05, 4.69) is 32.7 Å². The van der Waals surface area contributed by atoms with Crippen molar-refractivity contribution in [3.8, 4) is 0 Å². The van der Waals surface area contributed by atoms with Crippen LogP contribution in [-0.2, 0) is 0 Å². The molecule has 66 valence electrons. The normalized spacial score (nSPS) is 14.5. The lowest BCUT2D eigenvalue weighted by atomic mass is 9.87. The van der Waals surface area contributed by atoms with Gasteiger partial charge in [0, 0.05) is 19.1 Å². The number of hydrogen-bond donors (Lipinski definition) is 2. The highest BCUT2D eigenvalue weighted by atomic mass is 14.9. The van der Waals surface area contributed by atoms with Crippen LogP contribution in [0.2, 0.25) is 0 Å². The zero-order chi connectivity index (χ0) is 8.91. The average molecular weight is 156 g/mol. The zero-order valence-corrected chi connectivity index (χ0v) is 7.85. The van der Waals surface area contributed by atoms with Crippen LogP contribution < -0.4 is 11.1 Å². The molecule has 0 bridgehead atoms. The second kappa shape index (κ2) is 4.52. The standard InChI is InChI=1S/C9H20N2/c1-5-6-11-8(7-10)9(2,3)4/h5,8,11H,1,6-7,10H2,2-4H3. The minimum Gasteiger partial charge on any atom is -0.329 e. The summed E-state index contributed by atoms with van der Waals surface area (Å²) in [7, 11) is 0. The number of nitrogens with two attached hydrogens (primary N) is 1. The van der Waals surface area contributed by atoms with E-state index in [9.17, 15) is 0 Å². The van der Waals surface area contributed by atoms with Crippen LogP contribution in [0.4, 0.5) is 0 Å². The van der Waals surface area contributed by atoms with Gasteiger partial charge in [0.05, 0.1) is 0 Å². The summed E-state index contributed by atoms with van der Waals surface area (Å²) in [5.74, 6) is 0. The molecule has 0 saturated heterocycles. The highest BCUT2D eigenvalue weighted by Gasteiger charge is 2.21. The van der Waals surface area contributed by atoms with Gasteiger partial charge >= 0.3 is 0 Å². The molecule has 0 rings (SSSR count). The number of rotatable bonds is 4. The van der Waals surface area contributed by atoms with Gasteiger partial charge in [-0.25, -0.2) is 0 Å². The SMILES string of the molecule is C=CCNC(CN)C(C)(C)C. The molecule has 0 aromatic rings. The Balaban J connectivity index is 3.85. The van der Waals surface area contributed by atoms with Gasteiger partial charge in [-0.2, -0.15) is 0 Å². The lowest BCUT2D eigenvalue weighted by Gasteiger charge is -2.30. The monoisotopic (exact) mass is 156 g/mol. The van der Waals surface area contributed by atoms with Gasteiger partial charge in [0.1, 0.15) is 0 Å². The first kappa shape index (κ1) is 10.7. The summed E-state index contributed by atoms with van der Waals surface area (Å²) in [6.45, 7) is 11.7. The van der Waals surface area contributed by atoms with E-state index in [1.54, 1.807) is 0 Å². The molecule has 0 radical (unpaired) electrons. The smallest absolute Gasteiger partial charge is 0.0241 e. The van der Waals surface area contributed by atoms with Crippen LogP contribution in [0, 0.1) is 5.41 Å². The molecule has 0 heterocycles. The molecule has 0 amide bonds. The lowest BCUT2D eigenvalue weighted by Crippen LogP contribution is -2.45. The van der Waals surface area contributed by atoms with Crippen LogP contribution in [-0.4, -0.2) is 19.1 Å². The predicted molar refractivity (Wildman–Crippen MR) is 50.5 cm³/mol. The molecule has 3 N–H and O–H groups in total. The maximum atomic E-state index is 5.60. The van der Waals surface area contributed by atoms with Crippen LogP contribution >= 0.6 is 0 Å². The highest BCUT2D eigenvalue weighted by Crippen LogP contribution is 2.17. The van der Waals surface area contributed by atoms with E-state index in [1.165, 1.54) is 0 Å². The molecule has 2 nitrogen and oxygen atoms in total. The summed E-state index contributed by atoms with van der Waals surface area (Å²) in [5, 5.41) is 3.32. The van der Waals surface area contributed by atoms with Gasteiger partial charge in [0.2, 0.25) is 0 Å². The molecule has 0 aromatic carbocycles. The molecule has 11 heavy (non-hydrogen) atoms. The fourth-order valence-electron chi connectivity index (χ4n) is 0.969. The van der Waals surface area contributed by atoms with Crippen molar-refractivity contribution in [3.05, 3.63) is 12.7 Å². The summed E-state index contributed by atoms with van der Waals surface area (Å²) >= 11 is 0. The summed E-state index contributed by atoms with van der Waals surface area (Å²) in [4.78, 5) is 0. The summed E-state index contributed by atoms with van der Waals surface area (Å²) < 4.78 is 0. The van der Waals surface area contributed by atoms with E-state index >= 15 is 0 Å². The van der Waals surface area contributed by atoms with Gasteiger partial charge in [-0.15, -0.1) is 6.58 Å². The molecule has 0 aliphatic heterocycles. The molecular formula is C9H20N2. The Hall–Kier alpha value is -0.340. The van der Waals surface area contributed by atoms with E-state index in [1.807, 2.05) is 6.08 Å². The molecule has 0 spiro atoms. The second-order valence-corrected chi connectivity index (χ2v) is 3.85. The fraction of sp³-hybridized carbons (Fsp3) is 0.778. The molecule has 1 unspecified atom stereocenters. The predicted octanol–water partition coefficient (Wildman–Crippen LogP) is 1.14. The Morgan fingerprint density at radius 2 is 2.09 bits per heavy atom. The van der Waals surface area contributed by atoms with Crippen molar-refractivity contribution in [2.75, 3.05) is 13.1 Å². The molecule has 2 heteroatoms. The zero-order valence-electron chi connectivity index (χ0n) is 7.85. The van der Waals surface area contributed by atoms with Gasteiger partial charge in [-0.3, -0.25) is 0 Å². The fourth-order valence-corrected chi connectivity index (χ4v) is 0.969. The van der Waals surface area contributed by atoms with Crippen molar-refractivity contribution < 1.29 is 0 Å². The van der Waals surface area contributed by atoms with Crippen molar-refractivity contribution in [2.24, 2.45) is 11.1 Å². The number of nitrogens with one attached hydrogen (secondary N) is 1. The van der Waals surface area contributed by atoms with Crippen LogP contribution in [0.15, 0.2) is 12.7 Å². The van der Waals surface area contributed by atoms with Gasteiger partial charge in [0.15, 0.2) is 0 Å². The molecular weight excluding hydrogens is 136 g/mol. The third kappa shape index (κ3) is 4.17. The van der Waals surface area contributed by atoms with Gasteiger partial charge in [0.25, 0.3) is 0 Å². The van der Waals surface area contributed by atoms with Crippen molar-refractivity contribution in [2.45, 2.75) is 26.8 Å². The van der Waals surface area contributed by atoms with Gasteiger partial charge < -0.3 is 11.1 Å². The van der Waals surface area contributed by atoms with Crippen molar-refractivity contribution in [1.82, 2.24) is 5.32 Å². The van der Waals surface area contributed by atoms with E-state index in [4.69, 9.17) is 5.73 Å². The maximum Gasteiger partial charge on any atom is 0.0241 e. The third-order valence-corrected chi connectivity index (χ3v) is 1.79. The molecule has 0 fully saturated rings. The van der Waals surface area contributed by atoms with E-state index < -0.39 is 0 Å². The Morgan fingerprint density at radius 1 is 1.55 bits per heavy atom. The highest BCUT2D eigenvalue weighted by molar-refractivity contribution is 4.84. The third-order valence-electron chi connectivity index (χ3n) is 1.79. The van der Waals surface area contributed by atoms with Gasteiger partial charge in [-0.05, 0) is 5.41 Å². The molecule has 0 aromatic heterocycles. The Morgan fingerprint density at radius 3 is 2.36 bits per heavy atom. The van der Waals surface area contributed by atoms with Crippen LogP contribution in [0.1, 0.15) is 20.8 Å². The lowest BCUT2D eigenvalue weighted by molar-refractivity contribution is 0.281. The van der Waals surface area contributed by atoms with Crippen LogP contribution in [0.5, 0.6) is 0 Å². The summed E-state index contributed by atoms with van der Waals surface area (Å²) in [5.41, 5.74) is 5.84. The Bertz CT molecular complexity index is 113. The van der Waals surface area contributed by atoms with Crippen LogP contribution in [0.3, 0.4) is 0 Å². The second-order valence-electron chi connectivity index (χ2n) is 3.85. The maximum absolute atomic E-state index is 5.60. The van der Waals surface area contributed by atoms with E-state index in [-0.39, 0.29) is 5.41 Å². The average Bonchev–Trinajstić information content (AvgIpc) is 1.87. The van der Waals surface area contributed by atoms with E-state index in [0.717, 1.165) is 6.54 Å². The first-order valence-corrected chi connectivity index (χ1v) is 4.06. The first-order chi connectivity index (χ1) is 5.02. The number of hydrogen-bond acceptors (Lipinski definition) is 2. The van der Waals surface area contributed by atoms with E-state index in [0.29, 0.717) is 12.6 Å². The van der Waals surface area contributed by atoms with Crippen molar-refractivity contribution in [3.63, 3.8) is 0 Å². The summed E-state index contributed by atoms with van der Waals surface area (Å²) in [6, 6.07) is 0.375. The minimum absolute atomic E-state index is 0.234. The van der Waals surface area contributed by atoms with Crippen molar-refractivity contribution >= 4 is 0 Å². The van der Waals surface area contributed by atoms with Gasteiger partial charge in [-0.1, -0.05) is 26.8 Å². The summed E-state index contributed by atoms with van der Waals surface area (Å²) in [6.07, 6.45) is 1.86. The molecule has 0 saturated carbocycles. The molecule has 0 aliphatic rings. The topological polar surface area (TPSA) is 38.0 Å². The van der Waals surface area contributed by atoms with Crippen molar-refractivity contribution in [1.29, 1.82) is 0 Å². The Labute approximate surface area is 69.9 Å².